The van der Waals surface area contributed by atoms with Crippen molar-refractivity contribution in [3.63, 3.8) is 0 Å². The van der Waals surface area contributed by atoms with E-state index >= 15 is 0 Å². The van der Waals surface area contributed by atoms with Gasteiger partial charge in [0.2, 0.25) is 5.78 Å². The first-order valence-corrected chi connectivity index (χ1v) is 10.8. The van der Waals surface area contributed by atoms with Gasteiger partial charge in [-0.2, -0.15) is 0 Å². The third-order valence-electron chi connectivity index (χ3n) is 5.12. The minimum atomic E-state index is -0.442. The predicted octanol–water partition coefficient (Wildman–Crippen LogP) is 5.62. The number of hydrogen-bond acceptors (Lipinski definition) is 6. The van der Waals surface area contributed by atoms with Crippen LogP contribution in [0.15, 0.2) is 60.4 Å². The molecule has 0 fully saturated rings. The van der Waals surface area contributed by atoms with E-state index in [4.69, 9.17) is 42.1 Å². The average molecular weight is 483 g/mol. The molecule has 166 valence electrons. The molecule has 0 spiro atoms. The molecule has 33 heavy (non-hydrogen) atoms. The van der Waals surface area contributed by atoms with Crippen LogP contribution in [0.3, 0.4) is 0 Å². The second kappa shape index (κ2) is 8.90. The van der Waals surface area contributed by atoms with Gasteiger partial charge in [-0.05, 0) is 48.0 Å². The molecule has 2 aliphatic rings. The van der Waals surface area contributed by atoms with Crippen LogP contribution in [-0.2, 0) is 22.6 Å². The molecule has 0 bridgehead atoms. The molecule has 0 atom stereocenters. The number of Topliss-reactive ketones (excluding diaryl/α,β-unsaturated/α-hetero) is 1. The van der Waals surface area contributed by atoms with Gasteiger partial charge in [0.15, 0.2) is 12.6 Å². The smallest absolute Gasteiger partial charge is 0.315 e. The number of esters is 1. The van der Waals surface area contributed by atoms with Crippen molar-refractivity contribution in [1.82, 2.24) is 0 Å². The van der Waals surface area contributed by atoms with Crippen molar-refractivity contribution < 1.29 is 28.5 Å². The van der Waals surface area contributed by atoms with Crippen LogP contribution in [0.5, 0.6) is 17.2 Å². The van der Waals surface area contributed by atoms with Crippen molar-refractivity contribution in [3.05, 3.63) is 92.7 Å². The standard InChI is InChI=1S/C25H16Cl2O6/c26-17-3-1-14(2-4-17)7-23(28)32-19-5-6-20-21(11-19)33-22(24(20)29)10-15-8-18(27)9-16-12-30-13-31-25(15)16/h1-6,8-11H,7,12-13H2/b22-10-. The van der Waals surface area contributed by atoms with Crippen LogP contribution < -0.4 is 14.2 Å². The maximum Gasteiger partial charge on any atom is 0.315 e. The zero-order valence-electron chi connectivity index (χ0n) is 17.1. The Hall–Kier alpha value is -3.32. The summed E-state index contributed by atoms with van der Waals surface area (Å²) in [5.74, 6) is 0.578. The Balaban J connectivity index is 1.35. The monoisotopic (exact) mass is 482 g/mol. The molecular formula is C25H16Cl2O6. The predicted molar refractivity (Wildman–Crippen MR) is 122 cm³/mol. The number of carbonyl (C=O) groups excluding carboxylic acids is 2. The number of ketones is 1. The Kier molecular flexibility index (Phi) is 5.81. The summed E-state index contributed by atoms with van der Waals surface area (Å²) in [6.07, 6.45) is 1.67. The second-order valence-electron chi connectivity index (χ2n) is 7.47. The van der Waals surface area contributed by atoms with Crippen molar-refractivity contribution in [2.75, 3.05) is 6.79 Å². The molecule has 0 radical (unpaired) electrons. The number of rotatable bonds is 4. The Labute approximate surface area is 199 Å². The zero-order chi connectivity index (χ0) is 22.9. The number of halogens is 2. The topological polar surface area (TPSA) is 71.1 Å². The highest BCUT2D eigenvalue weighted by Crippen LogP contribution is 2.38. The van der Waals surface area contributed by atoms with E-state index in [9.17, 15) is 9.59 Å². The molecule has 3 aromatic rings. The van der Waals surface area contributed by atoms with Gasteiger partial charge in [-0.1, -0.05) is 35.3 Å². The number of carbonyl (C=O) groups is 2. The molecule has 2 heterocycles. The quantitative estimate of drug-likeness (QED) is 0.273. The molecule has 5 rings (SSSR count). The molecule has 0 aliphatic carbocycles. The summed E-state index contributed by atoms with van der Waals surface area (Å²) in [6, 6.07) is 15.0. The lowest BCUT2D eigenvalue weighted by Crippen LogP contribution is -2.12. The van der Waals surface area contributed by atoms with Crippen LogP contribution in [-0.4, -0.2) is 18.5 Å². The van der Waals surface area contributed by atoms with Gasteiger partial charge in [0.05, 0.1) is 18.6 Å². The number of hydrogen-bond donors (Lipinski definition) is 0. The number of allylic oxidation sites excluding steroid dienone is 1. The molecule has 0 aromatic heterocycles. The summed E-state index contributed by atoms with van der Waals surface area (Å²) in [5, 5.41) is 1.09. The lowest BCUT2D eigenvalue weighted by Gasteiger charge is -2.20. The first kappa shape index (κ1) is 21.5. The molecule has 0 amide bonds. The molecule has 3 aromatic carbocycles. The molecule has 0 N–H and O–H groups in total. The maximum absolute atomic E-state index is 12.8. The number of fused-ring (bicyclic) bond motifs is 2. The fourth-order valence-electron chi connectivity index (χ4n) is 3.62. The van der Waals surface area contributed by atoms with Crippen molar-refractivity contribution in [2.24, 2.45) is 0 Å². The average Bonchev–Trinajstić information content (AvgIpc) is 3.09. The van der Waals surface area contributed by atoms with E-state index in [1.54, 1.807) is 54.6 Å². The Morgan fingerprint density at radius 1 is 1.03 bits per heavy atom. The van der Waals surface area contributed by atoms with Crippen LogP contribution in [0.4, 0.5) is 0 Å². The van der Waals surface area contributed by atoms with Gasteiger partial charge < -0.3 is 18.9 Å². The molecule has 0 unspecified atom stereocenters. The Bertz CT molecular complexity index is 1300. The van der Waals surface area contributed by atoms with E-state index in [1.165, 1.54) is 6.07 Å². The molecule has 0 saturated heterocycles. The molecule has 0 saturated carbocycles. The van der Waals surface area contributed by atoms with Crippen LogP contribution in [0.2, 0.25) is 10.0 Å². The lowest BCUT2D eigenvalue weighted by atomic mass is 10.1. The maximum atomic E-state index is 12.8. The summed E-state index contributed by atoms with van der Waals surface area (Å²) in [7, 11) is 0. The molecule has 6 nitrogen and oxygen atoms in total. The van der Waals surface area contributed by atoms with E-state index in [1.807, 2.05) is 0 Å². The minimum absolute atomic E-state index is 0.0861. The second-order valence-corrected chi connectivity index (χ2v) is 8.34. The van der Waals surface area contributed by atoms with Crippen molar-refractivity contribution in [2.45, 2.75) is 13.0 Å². The summed E-state index contributed by atoms with van der Waals surface area (Å²) < 4.78 is 22.1. The minimum Gasteiger partial charge on any atom is -0.467 e. The van der Waals surface area contributed by atoms with Crippen molar-refractivity contribution >= 4 is 41.0 Å². The van der Waals surface area contributed by atoms with Gasteiger partial charge >= 0.3 is 5.97 Å². The van der Waals surface area contributed by atoms with Crippen LogP contribution in [0, 0.1) is 0 Å². The SMILES string of the molecule is O=C(Cc1ccc(Cl)cc1)Oc1ccc2c(c1)O/C(=C\c1cc(Cl)cc3c1OCOC3)C2=O. The third-order valence-corrected chi connectivity index (χ3v) is 5.60. The van der Waals surface area contributed by atoms with E-state index < -0.39 is 5.97 Å². The number of benzene rings is 3. The summed E-state index contributed by atoms with van der Waals surface area (Å²) in [6.45, 7) is 0.483. The Morgan fingerprint density at radius 2 is 1.85 bits per heavy atom. The largest absolute Gasteiger partial charge is 0.467 e. The van der Waals surface area contributed by atoms with E-state index in [2.05, 4.69) is 0 Å². The van der Waals surface area contributed by atoms with Crippen LogP contribution in [0.1, 0.15) is 27.0 Å². The van der Waals surface area contributed by atoms with Gasteiger partial charge in [-0.15, -0.1) is 0 Å². The van der Waals surface area contributed by atoms with Crippen LogP contribution >= 0.6 is 23.2 Å². The fourth-order valence-corrected chi connectivity index (χ4v) is 4.00. The fraction of sp³-hybridized carbons (Fsp3) is 0.120. The Morgan fingerprint density at radius 3 is 2.67 bits per heavy atom. The van der Waals surface area contributed by atoms with Gasteiger partial charge in [-0.25, -0.2) is 0 Å². The highest BCUT2D eigenvalue weighted by Gasteiger charge is 2.29. The molecule has 2 aliphatic heterocycles. The highest BCUT2D eigenvalue weighted by atomic mass is 35.5. The highest BCUT2D eigenvalue weighted by molar-refractivity contribution is 6.31. The first-order chi connectivity index (χ1) is 16.0. The van der Waals surface area contributed by atoms with E-state index in [0.29, 0.717) is 39.3 Å². The number of ether oxygens (including phenoxy) is 4. The van der Waals surface area contributed by atoms with Gasteiger partial charge in [0.1, 0.15) is 17.2 Å². The zero-order valence-corrected chi connectivity index (χ0v) is 18.6. The van der Waals surface area contributed by atoms with Gasteiger partial charge in [0, 0.05) is 27.2 Å². The van der Waals surface area contributed by atoms with Gasteiger partial charge in [0.25, 0.3) is 0 Å². The summed E-state index contributed by atoms with van der Waals surface area (Å²) in [4.78, 5) is 25.1. The van der Waals surface area contributed by atoms with E-state index in [0.717, 1.165) is 11.1 Å². The molecular weight excluding hydrogens is 467 g/mol. The summed E-state index contributed by atoms with van der Waals surface area (Å²) in [5.41, 5.74) is 2.56. The third kappa shape index (κ3) is 4.59. The normalized spacial score (nSPS) is 15.5. The van der Waals surface area contributed by atoms with Gasteiger partial charge in [-0.3, -0.25) is 9.59 Å². The summed E-state index contributed by atoms with van der Waals surface area (Å²) >= 11 is 12.1. The lowest BCUT2D eigenvalue weighted by molar-refractivity contribution is -0.133. The van der Waals surface area contributed by atoms with Crippen molar-refractivity contribution in [3.8, 4) is 17.2 Å². The first-order valence-electron chi connectivity index (χ1n) is 10.0. The molecule has 8 heteroatoms. The van der Waals surface area contributed by atoms with E-state index in [-0.39, 0.29) is 30.5 Å². The van der Waals surface area contributed by atoms with Crippen LogP contribution in [0.25, 0.3) is 6.08 Å². The van der Waals surface area contributed by atoms with Crippen molar-refractivity contribution in [1.29, 1.82) is 0 Å².